The van der Waals surface area contributed by atoms with Crippen LogP contribution in [0.3, 0.4) is 0 Å². The smallest absolute Gasteiger partial charge is 0.122 e. The number of aliphatic hydroxyl groups is 1. The Morgan fingerprint density at radius 2 is 1.13 bits per heavy atom. The maximum absolute atomic E-state index is 9.45. The third-order valence-electron chi connectivity index (χ3n) is 3.28. The SMILES string of the molecule is CCCOc1ccc(OCCOc2ccc(C(C)O)cc2)cc1. The number of rotatable bonds is 9. The van der Waals surface area contributed by atoms with Crippen molar-refractivity contribution in [2.45, 2.75) is 26.4 Å². The Balaban J connectivity index is 1.70. The summed E-state index contributed by atoms with van der Waals surface area (Å²) >= 11 is 0. The number of ether oxygens (including phenoxy) is 3. The van der Waals surface area contributed by atoms with Gasteiger partial charge in [0, 0.05) is 0 Å². The maximum Gasteiger partial charge on any atom is 0.122 e. The predicted octanol–water partition coefficient (Wildman–Crippen LogP) is 3.99. The van der Waals surface area contributed by atoms with Gasteiger partial charge < -0.3 is 19.3 Å². The van der Waals surface area contributed by atoms with E-state index in [1.807, 2.05) is 48.5 Å². The fourth-order valence-corrected chi connectivity index (χ4v) is 2.01. The Hall–Kier alpha value is -2.20. The summed E-state index contributed by atoms with van der Waals surface area (Å²) < 4.78 is 16.8. The zero-order valence-corrected chi connectivity index (χ0v) is 13.7. The molecule has 23 heavy (non-hydrogen) atoms. The van der Waals surface area contributed by atoms with Crippen LogP contribution in [0.1, 0.15) is 31.9 Å². The second kappa shape index (κ2) is 9.06. The van der Waals surface area contributed by atoms with Gasteiger partial charge in [0.1, 0.15) is 30.5 Å². The van der Waals surface area contributed by atoms with E-state index in [-0.39, 0.29) is 0 Å². The molecule has 1 N–H and O–H groups in total. The molecule has 0 saturated heterocycles. The lowest BCUT2D eigenvalue weighted by Gasteiger charge is -2.10. The minimum Gasteiger partial charge on any atom is -0.494 e. The van der Waals surface area contributed by atoms with E-state index in [2.05, 4.69) is 6.92 Å². The van der Waals surface area contributed by atoms with Gasteiger partial charge in [0.2, 0.25) is 0 Å². The van der Waals surface area contributed by atoms with Crippen LogP contribution in [0.15, 0.2) is 48.5 Å². The van der Waals surface area contributed by atoms with Gasteiger partial charge in [-0.3, -0.25) is 0 Å². The summed E-state index contributed by atoms with van der Waals surface area (Å²) in [5.41, 5.74) is 0.874. The van der Waals surface area contributed by atoms with Gasteiger partial charge in [0.05, 0.1) is 12.7 Å². The monoisotopic (exact) mass is 316 g/mol. The molecule has 0 aromatic heterocycles. The lowest BCUT2D eigenvalue weighted by atomic mass is 10.1. The van der Waals surface area contributed by atoms with Gasteiger partial charge >= 0.3 is 0 Å². The van der Waals surface area contributed by atoms with Crippen molar-refractivity contribution in [3.8, 4) is 17.2 Å². The van der Waals surface area contributed by atoms with Crippen molar-refractivity contribution in [1.82, 2.24) is 0 Å². The van der Waals surface area contributed by atoms with Crippen molar-refractivity contribution in [3.05, 3.63) is 54.1 Å². The van der Waals surface area contributed by atoms with E-state index < -0.39 is 6.10 Å². The molecule has 0 aliphatic heterocycles. The van der Waals surface area contributed by atoms with Crippen LogP contribution < -0.4 is 14.2 Å². The summed E-state index contributed by atoms with van der Waals surface area (Å²) in [6.07, 6.45) is 0.532. The van der Waals surface area contributed by atoms with E-state index in [1.54, 1.807) is 6.92 Å². The van der Waals surface area contributed by atoms with Gasteiger partial charge in [0.15, 0.2) is 0 Å². The van der Waals surface area contributed by atoms with Crippen LogP contribution in [-0.4, -0.2) is 24.9 Å². The molecule has 2 aromatic rings. The molecule has 2 aromatic carbocycles. The third-order valence-corrected chi connectivity index (χ3v) is 3.28. The number of aliphatic hydroxyl groups excluding tert-OH is 1. The van der Waals surface area contributed by atoms with E-state index >= 15 is 0 Å². The van der Waals surface area contributed by atoms with E-state index in [4.69, 9.17) is 14.2 Å². The molecule has 0 bridgehead atoms. The Labute approximate surface area is 137 Å². The highest BCUT2D eigenvalue weighted by atomic mass is 16.5. The molecule has 4 heteroatoms. The van der Waals surface area contributed by atoms with Crippen LogP contribution >= 0.6 is 0 Å². The molecule has 0 fully saturated rings. The predicted molar refractivity (Wildman–Crippen MR) is 90.3 cm³/mol. The van der Waals surface area contributed by atoms with Crippen molar-refractivity contribution in [2.75, 3.05) is 19.8 Å². The van der Waals surface area contributed by atoms with E-state index in [9.17, 15) is 5.11 Å². The number of hydrogen-bond acceptors (Lipinski definition) is 4. The second-order valence-corrected chi connectivity index (χ2v) is 5.26. The summed E-state index contributed by atoms with van der Waals surface area (Å²) in [4.78, 5) is 0. The average molecular weight is 316 g/mol. The molecule has 124 valence electrons. The quantitative estimate of drug-likeness (QED) is 0.711. The number of benzene rings is 2. The van der Waals surface area contributed by atoms with Gasteiger partial charge in [0.25, 0.3) is 0 Å². The lowest BCUT2D eigenvalue weighted by Crippen LogP contribution is -2.09. The van der Waals surface area contributed by atoms with Crippen molar-refractivity contribution < 1.29 is 19.3 Å². The van der Waals surface area contributed by atoms with Crippen LogP contribution in [0.4, 0.5) is 0 Å². The lowest BCUT2D eigenvalue weighted by molar-refractivity contribution is 0.198. The molecule has 1 atom stereocenters. The molecule has 0 amide bonds. The van der Waals surface area contributed by atoms with E-state index in [1.165, 1.54) is 0 Å². The van der Waals surface area contributed by atoms with Gasteiger partial charge in [-0.15, -0.1) is 0 Å². The Bertz CT molecular complexity index is 561. The van der Waals surface area contributed by atoms with Crippen LogP contribution in [0.25, 0.3) is 0 Å². The first kappa shape index (κ1) is 17.2. The van der Waals surface area contributed by atoms with Crippen LogP contribution in [0.2, 0.25) is 0 Å². The Morgan fingerprint density at radius 1 is 0.739 bits per heavy atom. The molecule has 0 radical (unpaired) electrons. The van der Waals surface area contributed by atoms with Crippen molar-refractivity contribution >= 4 is 0 Å². The van der Waals surface area contributed by atoms with Gasteiger partial charge in [-0.05, 0) is 55.3 Å². The Kier molecular flexibility index (Phi) is 6.76. The van der Waals surface area contributed by atoms with Crippen LogP contribution in [0, 0.1) is 0 Å². The molecule has 0 aliphatic carbocycles. The first-order chi connectivity index (χ1) is 11.2. The third kappa shape index (κ3) is 5.83. The minimum absolute atomic E-state index is 0.460. The molecule has 1 unspecified atom stereocenters. The van der Waals surface area contributed by atoms with Gasteiger partial charge in [-0.2, -0.15) is 0 Å². The maximum atomic E-state index is 9.45. The summed E-state index contributed by atoms with van der Waals surface area (Å²) in [5.74, 6) is 2.41. The van der Waals surface area contributed by atoms with Crippen molar-refractivity contribution in [2.24, 2.45) is 0 Å². The van der Waals surface area contributed by atoms with Crippen LogP contribution in [-0.2, 0) is 0 Å². The standard InChI is InChI=1S/C19H24O4/c1-3-12-21-18-8-10-19(11-9-18)23-14-13-22-17-6-4-16(5-7-17)15(2)20/h4-11,15,20H,3,12-14H2,1-2H3. The summed E-state index contributed by atoms with van der Waals surface area (Å²) in [5, 5.41) is 9.45. The van der Waals surface area contributed by atoms with Crippen molar-refractivity contribution in [1.29, 1.82) is 0 Å². The molecule has 0 spiro atoms. The summed E-state index contributed by atoms with van der Waals surface area (Å²) in [6.45, 7) is 5.47. The minimum atomic E-state index is -0.461. The van der Waals surface area contributed by atoms with Crippen LogP contribution in [0.5, 0.6) is 17.2 Å². The van der Waals surface area contributed by atoms with E-state index in [0.29, 0.717) is 13.2 Å². The molecular formula is C19H24O4. The largest absolute Gasteiger partial charge is 0.494 e. The fraction of sp³-hybridized carbons (Fsp3) is 0.368. The molecule has 0 aliphatic rings. The first-order valence-corrected chi connectivity index (χ1v) is 7.95. The number of hydrogen-bond donors (Lipinski definition) is 1. The van der Waals surface area contributed by atoms with Gasteiger partial charge in [-0.1, -0.05) is 19.1 Å². The molecular weight excluding hydrogens is 292 g/mol. The normalized spacial score (nSPS) is 11.8. The molecule has 0 heterocycles. The summed E-state index contributed by atoms with van der Waals surface area (Å²) in [6, 6.07) is 15.0. The highest BCUT2D eigenvalue weighted by molar-refractivity contribution is 5.31. The zero-order chi connectivity index (χ0) is 16.5. The average Bonchev–Trinajstić information content (AvgIpc) is 2.58. The molecule has 2 rings (SSSR count). The Morgan fingerprint density at radius 3 is 1.52 bits per heavy atom. The van der Waals surface area contributed by atoms with Crippen molar-refractivity contribution in [3.63, 3.8) is 0 Å². The second-order valence-electron chi connectivity index (χ2n) is 5.26. The molecule has 0 saturated carbocycles. The molecule has 4 nitrogen and oxygen atoms in total. The van der Waals surface area contributed by atoms with E-state index in [0.717, 1.165) is 35.8 Å². The highest BCUT2D eigenvalue weighted by Gasteiger charge is 2.01. The summed E-state index contributed by atoms with van der Waals surface area (Å²) in [7, 11) is 0. The first-order valence-electron chi connectivity index (χ1n) is 7.95. The zero-order valence-electron chi connectivity index (χ0n) is 13.7. The fourth-order valence-electron chi connectivity index (χ4n) is 2.01. The topological polar surface area (TPSA) is 47.9 Å². The highest BCUT2D eigenvalue weighted by Crippen LogP contribution is 2.19. The van der Waals surface area contributed by atoms with Gasteiger partial charge in [-0.25, -0.2) is 0 Å².